The summed E-state index contributed by atoms with van der Waals surface area (Å²) in [5.74, 6) is 0. The summed E-state index contributed by atoms with van der Waals surface area (Å²) in [4.78, 5) is 0. The predicted molar refractivity (Wildman–Crippen MR) is 65.9 cm³/mol. The molecule has 0 atom stereocenters. The summed E-state index contributed by atoms with van der Waals surface area (Å²) in [5.41, 5.74) is 9.45. The van der Waals surface area contributed by atoms with E-state index >= 15 is 0 Å². The molecule has 0 aliphatic heterocycles. The van der Waals surface area contributed by atoms with Gasteiger partial charge in [0.05, 0.1) is 0 Å². The van der Waals surface area contributed by atoms with Crippen LogP contribution in [0, 0.1) is 0 Å². The third kappa shape index (κ3) is 2.77. The molecule has 0 aromatic heterocycles. The molecule has 0 nitrogen and oxygen atoms in total. The van der Waals surface area contributed by atoms with Crippen molar-refractivity contribution >= 4 is 0 Å². The molecule has 2 aliphatic carbocycles. The first-order chi connectivity index (χ1) is 7.52. The Morgan fingerprint density at radius 3 is 1.47 bits per heavy atom. The molecule has 0 N–H and O–H groups in total. The molecule has 17 heavy (non-hydrogen) atoms. The van der Waals surface area contributed by atoms with Gasteiger partial charge in [0.2, 0.25) is 0 Å². The summed E-state index contributed by atoms with van der Waals surface area (Å²) in [6.45, 7) is 9.13. The largest absolute Gasteiger partial charge is 1.00 e. The van der Waals surface area contributed by atoms with Gasteiger partial charge < -0.3 is 12.4 Å². The van der Waals surface area contributed by atoms with E-state index in [0.717, 1.165) is 0 Å². The molecule has 0 radical (unpaired) electrons. The van der Waals surface area contributed by atoms with E-state index in [0.29, 0.717) is 3.63 Å². The molecule has 0 aromatic rings. The van der Waals surface area contributed by atoms with E-state index in [1.54, 1.807) is 47.0 Å². The molecule has 0 amide bonds. The number of hydrogen-bond donors (Lipinski definition) is 0. The summed E-state index contributed by atoms with van der Waals surface area (Å²) < 4.78 is 0.671. The second-order valence-corrected chi connectivity index (χ2v) is 6.42. The van der Waals surface area contributed by atoms with Gasteiger partial charge in [0.1, 0.15) is 0 Å². The fourth-order valence-corrected chi connectivity index (χ4v) is 5.15. The van der Waals surface area contributed by atoms with Gasteiger partial charge >= 0.3 is 114 Å². The quantitative estimate of drug-likeness (QED) is 0.724. The van der Waals surface area contributed by atoms with Gasteiger partial charge in [-0.05, 0) is 0 Å². The minimum absolute atomic E-state index is 0. The van der Waals surface area contributed by atoms with E-state index in [1.165, 1.54) is 24.0 Å². The second-order valence-electron chi connectivity index (χ2n) is 5.00. The standard InChI is InChI=1S/C15H19.ClH.Zr/c1-10-5-6-11(2)14(10)9-15-12(3)7-8-13(15)4;;/h5,7,9H,6,8H2,1-4H3;1H;/q;;+1/p-1. The van der Waals surface area contributed by atoms with Crippen LogP contribution >= 0.6 is 0 Å². The summed E-state index contributed by atoms with van der Waals surface area (Å²) in [7, 11) is 0. The van der Waals surface area contributed by atoms with Gasteiger partial charge in [-0.3, -0.25) is 0 Å². The Morgan fingerprint density at radius 2 is 1.24 bits per heavy atom. The maximum atomic E-state index is 2.38. The number of rotatable bonds is 2. The van der Waals surface area contributed by atoms with Crippen molar-refractivity contribution in [1.29, 1.82) is 0 Å². The van der Waals surface area contributed by atoms with Crippen LogP contribution in [0.4, 0.5) is 0 Å². The van der Waals surface area contributed by atoms with Crippen LogP contribution in [0.3, 0.4) is 0 Å². The third-order valence-electron chi connectivity index (χ3n) is 3.78. The summed E-state index contributed by atoms with van der Waals surface area (Å²) in [6, 6.07) is 0. The molecule has 2 aliphatic rings. The Balaban J connectivity index is 0.00000144. The van der Waals surface area contributed by atoms with Crippen molar-refractivity contribution in [3.05, 3.63) is 45.6 Å². The molecule has 0 fully saturated rings. The molecule has 2 rings (SSSR count). The summed E-state index contributed by atoms with van der Waals surface area (Å²) in [6.07, 6.45) is 7.10. The Morgan fingerprint density at radius 1 is 0.882 bits per heavy atom. The van der Waals surface area contributed by atoms with Crippen LogP contribution in [-0.2, 0) is 24.7 Å². The molecule has 0 aromatic carbocycles. The van der Waals surface area contributed by atoms with Crippen molar-refractivity contribution in [2.24, 2.45) is 0 Å². The van der Waals surface area contributed by atoms with Crippen LogP contribution in [0.1, 0.15) is 40.5 Å². The van der Waals surface area contributed by atoms with E-state index < -0.39 is 0 Å². The van der Waals surface area contributed by atoms with Crippen molar-refractivity contribution in [3.8, 4) is 0 Å². The van der Waals surface area contributed by atoms with Crippen LogP contribution in [0.25, 0.3) is 0 Å². The summed E-state index contributed by atoms with van der Waals surface area (Å²) >= 11 is 1.63. The Bertz CT molecular complexity index is 408. The molecule has 90 valence electrons. The molecule has 0 saturated heterocycles. The molecular weight excluding hydrogens is 307 g/mol. The smallest absolute Gasteiger partial charge is 1.00 e. The van der Waals surface area contributed by atoms with E-state index in [2.05, 4.69) is 39.8 Å². The summed E-state index contributed by atoms with van der Waals surface area (Å²) in [5, 5.41) is 0. The number of halogens is 1. The monoisotopic (exact) mass is 324 g/mol. The van der Waals surface area contributed by atoms with E-state index in [-0.39, 0.29) is 12.4 Å². The Labute approximate surface area is 126 Å². The van der Waals surface area contributed by atoms with Crippen LogP contribution in [0.2, 0.25) is 3.63 Å². The Kier molecular flexibility index (Phi) is 5.23. The van der Waals surface area contributed by atoms with Crippen LogP contribution in [0.5, 0.6) is 0 Å². The van der Waals surface area contributed by atoms with Gasteiger partial charge in [-0.25, -0.2) is 0 Å². The second kappa shape index (κ2) is 5.85. The predicted octanol–water partition coefficient (Wildman–Crippen LogP) is 1.66. The minimum atomic E-state index is 0. The fourth-order valence-electron chi connectivity index (χ4n) is 2.82. The molecule has 0 heterocycles. The molecule has 0 bridgehead atoms. The molecule has 0 saturated carbocycles. The maximum Gasteiger partial charge on any atom is -1.00 e. The number of allylic oxidation sites excluding steroid dienone is 8. The van der Waals surface area contributed by atoms with Crippen molar-refractivity contribution in [1.82, 2.24) is 0 Å². The van der Waals surface area contributed by atoms with Crippen LogP contribution in [-0.4, -0.2) is 0 Å². The van der Waals surface area contributed by atoms with Gasteiger partial charge in [-0.15, -0.1) is 0 Å². The van der Waals surface area contributed by atoms with Crippen molar-refractivity contribution < 1.29 is 37.1 Å². The van der Waals surface area contributed by atoms with Gasteiger partial charge in [0.15, 0.2) is 0 Å². The fraction of sp³-hybridized carbons (Fsp3) is 0.467. The zero-order chi connectivity index (χ0) is 11.9. The van der Waals surface area contributed by atoms with Gasteiger partial charge in [-0.2, -0.15) is 0 Å². The zero-order valence-electron chi connectivity index (χ0n) is 11.0. The molecular formula is C15H19ClZr. The average molecular weight is 326 g/mol. The molecule has 2 heteroatoms. The maximum absolute atomic E-state index is 2.38. The van der Waals surface area contributed by atoms with E-state index in [4.69, 9.17) is 0 Å². The van der Waals surface area contributed by atoms with Crippen molar-refractivity contribution in [2.75, 3.05) is 0 Å². The third-order valence-corrected chi connectivity index (χ3v) is 5.19. The normalized spacial score (nSPS) is 19.8. The SMILES string of the molecule is CC1=CCC(C)=C1[CH]([Zr+])C1=C(C)CC=C1C.[Cl-]. The van der Waals surface area contributed by atoms with Gasteiger partial charge in [-0.1, -0.05) is 0 Å². The van der Waals surface area contributed by atoms with Crippen molar-refractivity contribution in [2.45, 2.75) is 44.2 Å². The van der Waals surface area contributed by atoms with Gasteiger partial charge in [0.25, 0.3) is 0 Å². The minimum Gasteiger partial charge on any atom is -1.00 e. The number of hydrogen-bond acceptors (Lipinski definition) is 0. The molecule has 0 spiro atoms. The van der Waals surface area contributed by atoms with Crippen LogP contribution < -0.4 is 12.4 Å². The molecule has 0 unspecified atom stereocenters. The topological polar surface area (TPSA) is 0 Å². The van der Waals surface area contributed by atoms with E-state index in [1.807, 2.05) is 0 Å². The average Bonchev–Trinajstić information content (AvgIpc) is 2.71. The van der Waals surface area contributed by atoms with Gasteiger partial charge in [0, 0.05) is 0 Å². The Hall–Kier alpha value is 0.133. The van der Waals surface area contributed by atoms with E-state index in [9.17, 15) is 0 Å². The first-order valence-corrected chi connectivity index (χ1v) is 7.39. The first kappa shape index (κ1) is 15.2. The zero-order valence-corrected chi connectivity index (χ0v) is 14.2. The first-order valence-electron chi connectivity index (χ1n) is 5.97. The van der Waals surface area contributed by atoms with Crippen molar-refractivity contribution in [3.63, 3.8) is 0 Å². The van der Waals surface area contributed by atoms with Crippen LogP contribution in [0.15, 0.2) is 45.6 Å².